The summed E-state index contributed by atoms with van der Waals surface area (Å²) in [6.45, 7) is 2.15. The van der Waals surface area contributed by atoms with Crippen LogP contribution in [0.15, 0.2) is 83.4 Å². The van der Waals surface area contributed by atoms with Crippen LogP contribution in [0.5, 0.6) is 0 Å². The van der Waals surface area contributed by atoms with Crippen molar-refractivity contribution in [2.24, 2.45) is 0 Å². The highest BCUT2D eigenvalue weighted by Gasteiger charge is 2.17. The molecule has 7 nitrogen and oxygen atoms in total. The quantitative estimate of drug-likeness (QED) is 0.385. The van der Waals surface area contributed by atoms with Gasteiger partial charge >= 0.3 is 12.0 Å². The van der Waals surface area contributed by atoms with E-state index in [1.54, 1.807) is 25.1 Å². The summed E-state index contributed by atoms with van der Waals surface area (Å²) in [5.74, 6) is -0.523. The summed E-state index contributed by atoms with van der Waals surface area (Å²) in [7, 11) is 0. The fourth-order valence-electron chi connectivity index (χ4n) is 3.30. The van der Waals surface area contributed by atoms with Gasteiger partial charge in [-0.25, -0.2) is 9.59 Å². The van der Waals surface area contributed by atoms with E-state index in [1.165, 1.54) is 0 Å². The Morgan fingerprint density at radius 1 is 0.906 bits per heavy atom. The second kappa shape index (κ2) is 9.18. The van der Waals surface area contributed by atoms with Gasteiger partial charge in [0.25, 0.3) is 0 Å². The number of carbonyl (C=O) groups excluding carboxylic acids is 1. The largest absolute Gasteiger partial charge is 0.478 e. The van der Waals surface area contributed by atoms with E-state index in [9.17, 15) is 14.7 Å². The predicted octanol–water partition coefficient (Wildman–Crippen LogP) is 5.34. The molecule has 0 bridgehead atoms. The van der Waals surface area contributed by atoms with Crippen molar-refractivity contribution in [3.05, 3.63) is 95.7 Å². The fourth-order valence-corrected chi connectivity index (χ4v) is 3.30. The highest BCUT2D eigenvalue weighted by atomic mass is 16.5. The molecule has 0 saturated carbocycles. The lowest BCUT2D eigenvalue weighted by Crippen LogP contribution is -2.28. The lowest BCUT2D eigenvalue weighted by atomic mass is 10.0. The van der Waals surface area contributed by atoms with Crippen LogP contribution in [0.25, 0.3) is 22.5 Å². The van der Waals surface area contributed by atoms with Crippen LogP contribution in [0, 0.1) is 6.92 Å². The molecule has 0 fully saturated rings. The lowest BCUT2D eigenvalue weighted by molar-refractivity contribution is 0.0697. The second-order valence-corrected chi connectivity index (χ2v) is 7.23. The Hall–Kier alpha value is -4.39. The zero-order valence-electron chi connectivity index (χ0n) is 17.3. The Labute approximate surface area is 184 Å². The third-order valence-electron chi connectivity index (χ3n) is 4.99. The molecule has 2 amide bonds. The maximum Gasteiger partial charge on any atom is 0.335 e. The zero-order valence-corrected chi connectivity index (χ0v) is 17.3. The van der Waals surface area contributed by atoms with Gasteiger partial charge in [-0.05, 0) is 35.7 Å². The lowest BCUT2D eigenvalue weighted by Gasteiger charge is -2.09. The van der Waals surface area contributed by atoms with Crippen LogP contribution in [0.3, 0.4) is 0 Å². The number of carboxylic acids is 1. The van der Waals surface area contributed by atoms with Crippen LogP contribution >= 0.6 is 0 Å². The van der Waals surface area contributed by atoms with Gasteiger partial charge in [-0.1, -0.05) is 71.9 Å². The first-order valence-electron chi connectivity index (χ1n) is 10.0. The Bertz CT molecular complexity index is 1250. The topological polar surface area (TPSA) is 104 Å². The molecule has 1 aromatic heterocycles. The van der Waals surface area contributed by atoms with Gasteiger partial charge in [-0.3, -0.25) is 0 Å². The van der Waals surface area contributed by atoms with Crippen molar-refractivity contribution in [2.75, 3.05) is 5.32 Å². The van der Waals surface area contributed by atoms with Crippen LogP contribution in [-0.4, -0.2) is 22.3 Å². The molecule has 160 valence electrons. The van der Waals surface area contributed by atoms with Gasteiger partial charge in [0.2, 0.25) is 0 Å². The average molecular weight is 427 g/mol. The molecular weight excluding hydrogens is 406 g/mol. The number of urea groups is 1. The minimum Gasteiger partial charge on any atom is -0.478 e. The molecule has 32 heavy (non-hydrogen) atoms. The minimum absolute atomic E-state index is 0.227. The van der Waals surface area contributed by atoms with Crippen LogP contribution in [0.4, 0.5) is 10.5 Å². The van der Waals surface area contributed by atoms with Gasteiger partial charge in [0.05, 0.1) is 5.56 Å². The van der Waals surface area contributed by atoms with E-state index in [1.807, 2.05) is 60.7 Å². The third kappa shape index (κ3) is 4.67. The highest BCUT2D eigenvalue weighted by molar-refractivity contribution is 5.94. The first-order chi connectivity index (χ1) is 15.5. The summed E-state index contributed by atoms with van der Waals surface area (Å²) in [5.41, 5.74) is 4.68. The average Bonchev–Trinajstić information content (AvgIpc) is 3.18. The number of rotatable bonds is 6. The molecule has 4 rings (SSSR count). The van der Waals surface area contributed by atoms with Gasteiger partial charge in [-0.2, -0.15) is 0 Å². The maximum atomic E-state index is 12.4. The fraction of sp³-hybridized carbons (Fsp3) is 0.0800. The third-order valence-corrected chi connectivity index (χ3v) is 4.99. The van der Waals surface area contributed by atoms with Crippen molar-refractivity contribution in [1.82, 2.24) is 10.5 Å². The SMILES string of the molecule is Cc1noc(-c2ccc(-c3cccc(C(=O)O)c3)cc2)c1NC(=O)NCc1ccccc1. The molecule has 0 radical (unpaired) electrons. The smallest absolute Gasteiger partial charge is 0.335 e. The van der Waals surface area contributed by atoms with Crippen molar-refractivity contribution in [3.8, 4) is 22.5 Å². The molecule has 3 aromatic carbocycles. The van der Waals surface area contributed by atoms with Gasteiger partial charge in [-0.15, -0.1) is 0 Å². The summed E-state index contributed by atoms with van der Waals surface area (Å²) in [6.07, 6.45) is 0. The van der Waals surface area contributed by atoms with Crippen molar-refractivity contribution in [1.29, 1.82) is 0 Å². The molecule has 0 atom stereocenters. The van der Waals surface area contributed by atoms with Crippen molar-refractivity contribution < 1.29 is 19.2 Å². The number of aromatic carboxylic acids is 1. The number of anilines is 1. The normalized spacial score (nSPS) is 10.5. The summed E-state index contributed by atoms with van der Waals surface area (Å²) in [6, 6.07) is 23.4. The number of benzene rings is 3. The number of aryl methyl sites for hydroxylation is 1. The Balaban J connectivity index is 1.50. The summed E-state index contributed by atoms with van der Waals surface area (Å²) >= 11 is 0. The van der Waals surface area contributed by atoms with E-state index in [4.69, 9.17) is 4.52 Å². The first-order valence-corrected chi connectivity index (χ1v) is 10.0. The number of nitrogens with one attached hydrogen (secondary N) is 2. The Kier molecular flexibility index (Phi) is 5.98. The molecule has 0 spiro atoms. The number of aromatic nitrogens is 1. The predicted molar refractivity (Wildman–Crippen MR) is 121 cm³/mol. The monoisotopic (exact) mass is 427 g/mol. The molecule has 1 heterocycles. The van der Waals surface area contributed by atoms with Crippen LogP contribution in [0.1, 0.15) is 21.6 Å². The van der Waals surface area contributed by atoms with Gasteiger partial charge in [0.15, 0.2) is 5.76 Å². The van der Waals surface area contributed by atoms with Crippen LogP contribution in [0.2, 0.25) is 0 Å². The highest BCUT2D eigenvalue weighted by Crippen LogP contribution is 2.32. The van der Waals surface area contributed by atoms with Crippen LogP contribution < -0.4 is 10.6 Å². The zero-order chi connectivity index (χ0) is 22.5. The minimum atomic E-state index is -0.970. The van der Waals surface area contributed by atoms with Gasteiger partial charge in [0, 0.05) is 12.1 Å². The van der Waals surface area contributed by atoms with Crippen molar-refractivity contribution >= 4 is 17.7 Å². The molecule has 4 aromatic rings. The maximum absolute atomic E-state index is 12.4. The molecule has 0 aliphatic rings. The van der Waals surface area contributed by atoms with E-state index in [2.05, 4.69) is 15.8 Å². The molecule has 0 aliphatic carbocycles. The molecule has 0 unspecified atom stereocenters. The second-order valence-electron chi connectivity index (χ2n) is 7.23. The van der Waals surface area contributed by atoms with E-state index in [-0.39, 0.29) is 11.6 Å². The Morgan fingerprint density at radius 2 is 1.62 bits per heavy atom. The molecule has 0 saturated heterocycles. The van der Waals surface area contributed by atoms with E-state index < -0.39 is 5.97 Å². The van der Waals surface area contributed by atoms with Crippen molar-refractivity contribution in [2.45, 2.75) is 13.5 Å². The summed E-state index contributed by atoms with van der Waals surface area (Å²) in [4.78, 5) is 23.6. The van der Waals surface area contributed by atoms with Crippen LogP contribution in [-0.2, 0) is 6.54 Å². The number of carbonyl (C=O) groups is 2. The number of amides is 2. The van der Waals surface area contributed by atoms with Gasteiger partial charge in [0.1, 0.15) is 11.4 Å². The van der Waals surface area contributed by atoms with E-state index >= 15 is 0 Å². The Morgan fingerprint density at radius 3 is 2.34 bits per heavy atom. The first kappa shape index (κ1) is 20.9. The summed E-state index contributed by atoms with van der Waals surface area (Å²) in [5, 5.41) is 18.8. The molecule has 7 heteroatoms. The summed E-state index contributed by atoms with van der Waals surface area (Å²) < 4.78 is 5.47. The number of carboxylic acid groups (broad SMARTS) is 1. The molecule has 0 aliphatic heterocycles. The van der Waals surface area contributed by atoms with Gasteiger partial charge < -0.3 is 20.3 Å². The van der Waals surface area contributed by atoms with Crippen molar-refractivity contribution in [3.63, 3.8) is 0 Å². The van der Waals surface area contributed by atoms with E-state index in [0.29, 0.717) is 23.7 Å². The van der Waals surface area contributed by atoms with E-state index in [0.717, 1.165) is 22.3 Å². The number of hydrogen-bond donors (Lipinski definition) is 3. The number of hydrogen-bond acceptors (Lipinski definition) is 4. The molecular formula is C25H21N3O4. The standard InChI is InChI=1S/C25H21N3O4/c1-16-22(27-25(31)26-15-17-6-3-2-4-7-17)23(32-28-16)19-12-10-18(11-13-19)20-8-5-9-21(14-20)24(29)30/h2-14H,15H2,1H3,(H,29,30)(H2,26,27,31). The number of nitrogens with zero attached hydrogens (tertiary/aromatic N) is 1. The molecule has 3 N–H and O–H groups in total.